The average Bonchev–Trinajstić information content (AvgIpc) is 2.74. The summed E-state index contributed by atoms with van der Waals surface area (Å²) in [6.07, 6.45) is 15.6. The zero-order chi connectivity index (χ0) is 20.0. The number of benzene rings is 1. The van der Waals surface area contributed by atoms with E-state index in [9.17, 15) is 4.39 Å². The van der Waals surface area contributed by atoms with Crippen LogP contribution in [0, 0.1) is 17.8 Å². The summed E-state index contributed by atoms with van der Waals surface area (Å²) in [6, 6.07) is 9.66. The predicted molar refractivity (Wildman–Crippen MR) is 119 cm³/mol. The number of rotatable bonds is 14. The summed E-state index contributed by atoms with van der Waals surface area (Å²) in [4.78, 5) is 0. The van der Waals surface area contributed by atoms with Crippen molar-refractivity contribution in [3.8, 4) is 5.75 Å². The normalized spacial score (nSPS) is 22.0. The Kier molecular flexibility index (Phi) is 11.6. The van der Waals surface area contributed by atoms with Gasteiger partial charge in [0.1, 0.15) is 18.5 Å². The molecule has 1 aliphatic rings. The maximum Gasteiger partial charge on any atom is 0.134 e. The van der Waals surface area contributed by atoms with Gasteiger partial charge in [0.15, 0.2) is 0 Å². The second-order valence-electron chi connectivity index (χ2n) is 8.96. The zero-order valence-electron chi connectivity index (χ0n) is 18.4. The highest BCUT2D eigenvalue weighted by atomic mass is 19.1. The van der Waals surface area contributed by atoms with Crippen molar-refractivity contribution in [3.05, 3.63) is 30.3 Å². The van der Waals surface area contributed by atoms with Crippen molar-refractivity contribution < 1.29 is 9.13 Å². The van der Waals surface area contributed by atoms with Gasteiger partial charge >= 0.3 is 0 Å². The van der Waals surface area contributed by atoms with E-state index in [0.717, 1.165) is 17.6 Å². The van der Waals surface area contributed by atoms with Crippen LogP contribution in [0.4, 0.5) is 4.39 Å². The van der Waals surface area contributed by atoms with Gasteiger partial charge in [-0.15, -0.1) is 0 Å². The Hall–Kier alpha value is -1.05. The molecule has 1 nitrogen and oxygen atoms in total. The van der Waals surface area contributed by atoms with E-state index in [-0.39, 0.29) is 6.61 Å². The quantitative estimate of drug-likeness (QED) is 0.290. The topological polar surface area (TPSA) is 9.23 Å². The van der Waals surface area contributed by atoms with Crippen molar-refractivity contribution in [3.63, 3.8) is 0 Å². The number of unbranched alkanes of at least 4 members (excludes halogenated alkanes) is 5. The van der Waals surface area contributed by atoms with Crippen molar-refractivity contribution in [2.75, 3.05) is 6.61 Å². The monoisotopic (exact) mass is 390 g/mol. The van der Waals surface area contributed by atoms with Gasteiger partial charge in [0.2, 0.25) is 0 Å². The van der Waals surface area contributed by atoms with Crippen LogP contribution >= 0.6 is 0 Å². The molecule has 0 amide bonds. The molecule has 1 aliphatic carbocycles. The van der Waals surface area contributed by atoms with E-state index in [2.05, 4.69) is 13.8 Å². The maximum atomic E-state index is 14.8. The fourth-order valence-corrected chi connectivity index (χ4v) is 4.90. The van der Waals surface area contributed by atoms with Crippen molar-refractivity contribution in [2.45, 2.75) is 103 Å². The molecule has 0 bridgehead atoms. The number of ether oxygens (including phenoxy) is 1. The molecule has 2 unspecified atom stereocenters. The molecule has 0 spiro atoms. The van der Waals surface area contributed by atoms with E-state index < -0.39 is 6.17 Å². The predicted octanol–water partition coefficient (Wildman–Crippen LogP) is 8.38. The molecule has 0 radical (unpaired) electrons. The number of halogens is 1. The second kappa shape index (κ2) is 14.0. The van der Waals surface area contributed by atoms with Crippen LogP contribution in [0.1, 0.15) is 97.3 Å². The minimum absolute atomic E-state index is 0.196. The molecule has 1 saturated carbocycles. The molecule has 0 N–H and O–H groups in total. The summed E-state index contributed by atoms with van der Waals surface area (Å²) in [5, 5.41) is 0. The zero-order valence-corrected chi connectivity index (χ0v) is 18.4. The number of hydrogen-bond donors (Lipinski definition) is 0. The summed E-state index contributed by atoms with van der Waals surface area (Å²) >= 11 is 0. The van der Waals surface area contributed by atoms with E-state index in [1.807, 2.05) is 30.3 Å². The van der Waals surface area contributed by atoms with Crippen LogP contribution in [0.5, 0.6) is 5.75 Å². The molecule has 2 rings (SSSR count). The molecule has 28 heavy (non-hydrogen) atoms. The van der Waals surface area contributed by atoms with E-state index >= 15 is 0 Å². The van der Waals surface area contributed by atoms with Crippen LogP contribution in [0.25, 0.3) is 0 Å². The Morgan fingerprint density at radius 2 is 1.61 bits per heavy atom. The van der Waals surface area contributed by atoms with Crippen molar-refractivity contribution >= 4 is 0 Å². The lowest BCUT2D eigenvalue weighted by Gasteiger charge is -2.34. The summed E-state index contributed by atoms with van der Waals surface area (Å²) in [5.74, 6) is 2.96. The Morgan fingerprint density at radius 1 is 0.929 bits per heavy atom. The van der Waals surface area contributed by atoms with Gasteiger partial charge in [-0.1, -0.05) is 96.3 Å². The summed E-state index contributed by atoms with van der Waals surface area (Å²) in [7, 11) is 0. The molecule has 1 aromatic carbocycles. The molecule has 0 aliphatic heterocycles. The van der Waals surface area contributed by atoms with Crippen LogP contribution in [0.2, 0.25) is 0 Å². The minimum Gasteiger partial charge on any atom is -0.491 e. The average molecular weight is 391 g/mol. The van der Waals surface area contributed by atoms with Gasteiger partial charge in [-0.25, -0.2) is 4.39 Å². The fraction of sp³-hybridized carbons (Fsp3) is 0.769. The standard InChI is InChI=1S/C26H43FO/c1-3-5-6-7-8-10-13-24(23-18-16-22(4-2)17-19-23)20-25(27)21-28-26-14-11-9-12-15-26/h9,11-12,14-15,22-25H,3-8,10,13,16-21H2,1-2H3/t22-,23-,24?,25?. The highest BCUT2D eigenvalue weighted by Gasteiger charge is 2.28. The summed E-state index contributed by atoms with van der Waals surface area (Å²) in [6.45, 7) is 4.78. The first kappa shape index (κ1) is 23.2. The molecular formula is C26H43FO. The lowest BCUT2D eigenvalue weighted by Crippen LogP contribution is -2.26. The number of hydrogen-bond acceptors (Lipinski definition) is 1. The summed E-state index contributed by atoms with van der Waals surface area (Å²) < 4.78 is 20.5. The number of alkyl halides is 1. The molecular weight excluding hydrogens is 347 g/mol. The lowest BCUT2D eigenvalue weighted by atomic mass is 9.72. The van der Waals surface area contributed by atoms with Crippen LogP contribution in [0.15, 0.2) is 30.3 Å². The van der Waals surface area contributed by atoms with Crippen molar-refractivity contribution in [1.82, 2.24) is 0 Å². The summed E-state index contributed by atoms with van der Waals surface area (Å²) in [5.41, 5.74) is 0. The van der Waals surface area contributed by atoms with Crippen LogP contribution in [-0.2, 0) is 0 Å². The SMILES string of the molecule is CCCCCCCCC(CC(F)COc1ccccc1)[C@H]1CC[C@H](CC)CC1. The Bertz CT molecular complexity index is 480. The molecule has 0 saturated heterocycles. The van der Waals surface area contributed by atoms with Crippen LogP contribution < -0.4 is 4.74 Å². The van der Waals surface area contributed by atoms with E-state index in [1.54, 1.807) is 0 Å². The lowest BCUT2D eigenvalue weighted by molar-refractivity contribution is 0.119. The molecule has 2 heteroatoms. The van der Waals surface area contributed by atoms with Gasteiger partial charge in [0.05, 0.1) is 0 Å². The first-order valence-electron chi connectivity index (χ1n) is 12.0. The molecule has 1 fully saturated rings. The Balaban J connectivity index is 1.78. The smallest absolute Gasteiger partial charge is 0.134 e. The first-order valence-corrected chi connectivity index (χ1v) is 12.0. The highest BCUT2D eigenvalue weighted by molar-refractivity contribution is 5.20. The van der Waals surface area contributed by atoms with Crippen molar-refractivity contribution in [2.24, 2.45) is 17.8 Å². The van der Waals surface area contributed by atoms with E-state index in [1.165, 1.54) is 77.0 Å². The van der Waals surface area contributed by atoms with Gasteiger partial charge in [0, 0.05) is 0 Å². The number of para-hydroxylation sites is 1. The third-order valence-electron chi connectivity index (χ3n) is 6.80. The van der Waals surface area contributed by atoms with Gasteiger partial charge in [-0.05, 0) is 49.1 Å². The molecule has 1 aromatic rings. The third kappa shape index (κ3) is 8.97. The minimum atomic E-state index is -0.853. The van der Waals surface area contributed by atoms with Crippen LogP contribution in [0.3, 0.4) is 0 Å². The van der Waals surface area contributed by atoms with Gasteiger partial charge in [0.25, 0.3) is 0 Å². The Labute approximate surface area is 173 Å². The fourth-order valence-electron chi connectivity index (χ4n) is 4.90. The molecule has 2 atom stereocenters. The van der Waals surface area contributed by atoms with E-state index in [0.29, 0.717) is 12.3 Å². The largest absolute Gasteiger partial charge is 0.491 e. The maximum absolute atomic E-state index is 14.8. The van der Waals surface area contributed by atoms with Gasteiger partial charge < -0.3 is 4.74 Å². The van der Waals surface area contributed by atoms with Gasteiger partial charge in [-0.2, -0.15) is 0 Å². The molecule has 0 aromatic heterocycles. The highest BCUT2D eigenvalue weighted by Crippen LogP contribution is 2.39. The van der Waals surface area contributed by atoms with Crippen molar-refractivity contribution in [1.29, 1.82) is 0 Å². The molecule has 0 heterocycles. The first-order chi connectivity index (χ1) is 13.7. The second-order valence-corrected chi connectivity index (χ2v) is 8.96. The van der Waals surface area contributed by atoms with Crippen LogP contribution in [-0.4, -0.2) is 12.8 Å². The third-order valence-corrected chi connectivity index (χ3v) is 6.80. The van der Waals surface area contributed by atoms with E-state index in [4.69, 9.17) is 4.74 Å². The molecule has 160 valence electrons. The Morgan fingerprint density at radius 3 is 2.29 bits per heavy atom. The van der Waals surface area contributed by atoms with Gasteiger partial charge in [-0.3, -0.25) is 0 Å².